The van der Waals surface area contributed by atoms with Gasteiger partial charge in [-0.15, -0.1) is 11.3 Å². The van der Waals surface area contributed by atoms with Gasteiger partial charge in [0.15, 0.2) is 0 Å². The van der Waals surface area contributed by atoms with Crippen molar-refractivity contribution in [3.8, 4) is 22.4 Å². The number of carbonyl (C=O) groups is 1. The fourth-order valence-electron chi connectivity index (χ4n) is 4.88. The van der Waals surface area contributed by atoms with Gasteiger partial charge in [-0.1, -0.05) is 12.5 Å². The zero-order valence-corrected chi connectivity index (χ0v) is 21.4. The molecule has 6 rings (SSSR count). The quantitative estimate of drug-likeness (QED) is 0.280. The minimum atomic E-state index is -0.437. The van der Waals surface area contributed by atoms with Crippen molar-refractivity contribution >= 4 is 45.0 Å². The van der Waals surface area contributed by atoms with Crippen molar-refractivity contribution in [2.45, 2.75) is 25.9 Å². The average molecular weight is 527 g/mol. The van der Waals surface area contributed by atoms with Crippen molar-refractivity contribution < 1.29 is 9.18 Å². The van der Waals surface area contributed by atoms with Gasteiger partial charge in [-0.3, -0.25) is 9.48 Å². The van der Waals surface area contributed by atoms with Crippen molar-refractivity contribution in [2.75, 3.05) is 18.8 Å². The van der Waals surface area contributed by atoms with Crippen molar-refractivity contribution in [2.24, 2.45) is 0 Å². The lowest BCUT2D eigenvalue weighted by Crippen LogP contribution is -2.27. The second kappa shape index (κ2) is 9.39. The van der Waals surface area contributed by atoms with E-state index in [-0.39, 0.29) is 23.3 Å². The molecule has 1 amide bonds. The Morgan fingerprint density at radius 1 is 1.32 bits per heavy atom. The molecule has 0 spiro atoms. The minimum Gasteiger partial charge on any atom is -0.383 e. The molecule has 2 N–H and O–H groups in total. The van der Waals surface area contributed by atoms with Crippen LogP contribution < -0.4 is 5.73 Å². The van der Waals surface area contributed by atoms with Crippen molar-refractivity contribution in [3.05, 3.63) is 66.0 Å². The van der Waals surface area contributed by atoms with Crippen LogP contribution in [0, 0.1) is 17.7 Å². The number of rotatable bonds is 4. The number of imidazole rings is 1. The van der Waals surface area contributed by atoms with Crippen LogP contribution in [0.2, 0.25) is 0 Å². The molecule has 5 heterocycles. The molecule has 1 saturated heterocycles. The number of hydrogen-bond donors (Lipinski definition) is 1. The second-order valence-corrected chi connectivity index (χ2v) is 9.84. The fourth-order valence-corrected chi connectivity index (χ4v) is 5.53. The molecule has 0 radical (unpaired) electrons. The van der Waals surface area contributed by atoms with Gasteiger partial charge in [0.25, 0.3) is 0 Å². The lowest BCUT2D eigenvalue weighted by atomic mass is 10.1. The highest BCUT2D eigenvalue weighted by atomic mass is 32.1. The van der Waals surface area contributed by atoms with Crippen molar-refractivity contribution in [1.82, 2.24) is 34.2 Å². The Balaban J connectivity index is 1.51. The number of nitrogen functional groups attached to an aromatic ring is 1. The highest BCUT2D eigenvalue weighted by Gasteiger charge is 2.30. The predicted octanol–water partition coefficient (Wildman–Crippen LogP) is 4.00. The minimum absolute atomic E-state index is 0.108. The number of aryl methyl sites for hydroxylation is 1. The molecule has 11 heteroatoms. The Labute approximate surface area is 221 Å². The number of thiazole rings is 1. The number of aromatic nitrogens is 6. The Bertz CT molecular complexity index is 1780. The number of likely N-dealkylation sites (tertiary alicyclic amines) is 1. The number of halogens is 1. The third kappa shape index (κ3) is 3.90. The highest BCUT2D eigenvalue weighted by molar-refractivity contribution is 7.13. The molecule has 0 saturated carbocycles. The molecule has 1 aromatic carbocycles. The fraction of sp³-hybridized carbons (Fsp3) is 0.222. The van der Waals surface area contributed by atoms with Gasteiger partial charge >= 0.3 is 0 Å². The van der Waals surface area contributed by atoms with Crippen LogP contribution in [-0.4, -0.2) is 53.2 Å². The SMILES string of the molecule is C=CC(=O)N1CC[C@H](n2nc(C#Cc3cc4ncn(CC)c4cc3F)c3c(N)ncc(-c4nccs4)c32)C1. The maximum Gasteiger partial charge on any atom is 0.246 e. The van der Waals surface area contributed by atoms with Gasteiger partial charge in [-0.2, -0.15) is 5.10 Å². The van der Waals surface area contributed by atoms with E-state index in [0.717, 1.165) is 16.1 Å². The van der Waals surface area contributed by atoms with Crippen LogP contribution in [0.4, 0.5) is 10.2 Å². The third-order valence-corrected chi connectivity index (χ3v) is 7.59. The summed E-state index contributed by atoms with van der Waals surface area (Å²) in [5.74, 6) is 5.69. The van der Waals surface area contributed by atoms with E-state index in [9.17, 15) is 4.79 Å². The van der Waals surface area contributed by atoms with Crippen molar-refractivity contribution in [3.63, 3.8) is 0 Å². The molecule has 9 nitrogen and oxygen atoms in total. The first-order chi connectivity index (χ1) is 18.5. The number of nitrogens with two attached hydrogens (primary N) is 1. The number of anilines is 1. The summed E-state index contributed by atoms with van der Waals surface area (Å²) in [5, 5.41) is 8.07. The van der Waals surface area contributed by atoms with Crippen LogP contribution in [0.3, 0.4) is 0 Å². The third-order valence-electron chi connectivity index (χ3n) is 6.78. The van der Waals surface area contributed by atoms with Gasteiger partial charge in [-0.05, 0) is 31.4 Å². The molecule has 5 aromatic rings. The monoisotopic (exact) mass is 526 g/mol. The smallest absolute Gasteiger partial charge is 0.246 e. The largest absolute Gasteiger partial charge is 0.383 e. The summed E-state index contributed by atoms with van der Waals surface area (Å²) < 4.78 is 18.7. The molecule has 1 aliphatic heterocycles. The molecule has 1 fully saturated rings. The number of pyridine rings is 1. The average Bonchev–Trinajstić information content (AvgIpc) is 3.73. The van der Waals surface area contributed by atoms with Gasteiger partial charge in [-0.25, -0.2) is 19.3 Å². The first-order valence-electron chi connectivity index (χ1n) is 12.1. The summed E-state index contributed by atoms with van der Waals surface area (Å²) in [6.07, 6.45) is 7.12. The van der Waals surface area contributed by atoms with Gasteiger partial charge in [0, 0.05) is 43.5 Å². The molecule has 38 heavy (non-hydrogen) atoms. The van der Waals surface area contributed by atoms with Crippen LogP contribution in [0.5, 0.6) is 0 Å². The number of carbonyl (C=O) groups excluding carboxylic acids is 1. The highest BCUT2D eigenvalue weighted by Crippen LogP contribution is 2.37. The Morgan fingerprint density at radius 3 is 2.95 bits per heavy atom. The van der Waals surface area contributed by atoms with E-state index < -0.39 is 5.82 Å². The predicted molar refractivity (Wildman–Crippen MR) is 145 cm³/mol. The maximum absolute atomic E-state index is 15.0. The Morgan fingerprint density at radius 2 is 2.18 bits per heavy atom. The van der Waals surface area contributed by atoms with Crippen LogP contribution in [0.15, 0.2) is 48.9 Å². The molecule has 1 atom stereocenters. The normalized spacial score (nSPS) is 15.2. The summed E-state index contributed by atoms with van der Waals surface area (Å²) in [6, 6.07) is 2.98. The summed E-state index contributed by atoms with van der Waals surface area (Å²) in [4.78, 5) is 27.2. The second-order valence-electron chi connectivity index (χ2n) is 8.94. The van der Waals surface area contributed by atoms with Crippen LogP contribution in [0.1, 0.15) is 30.6 Å². The van der Waals surface area contributed by atoms with Gasteiger partial charge in [0.1, 0.15) is 22.3 Å². The lowest BCUT2D eigenvalue weighted by Gasteiger charge is -2.16. The molecule has 0 unspecified atom stereocenters. The molecule has 1 aliphatic rings. The van der Waals surface area contributed by atoms with E-state index in [1.165, 1.54) is 23.5 Å². The maximum atomic E-state index is 15.0. The van der Waals surface area contributed by atoms with Crippen LogP contribution in [-0.2, 0) is 11.3 Å². The number of benzene rings is 1. The number of nitrogens with zero attached hydrogens (tertiary/aromatic N) is 7. The standard InChI is InChI=1S/C27H23FN8OS/c1-3-23(37)35-9-7-17(14-35)36-25-18(27-30-8-10-38-27)13-31-26(29)24(25)20(33-36)6-5-16-11-21-22(12-19(16)28)34(4-2)15-32-21/h3,8,10-13,15,17H,1,4,7,9,14H2,2H3,(H2,29,31)/t17-/m0/s1. The van der Waals surface area contributed by atoms with E-state index >= 15 is 4.39 Å². The number of fused-ring (bicyclic) bond motifs is 2. The molecule has 0 bridgehead atoms. The van der Waals surface area contributed by atoms with E-state index in [1.807, 2.05) is 21.6 Å². The van der Waals surface area contributed by atoms with Crippen LogP contribution >= 0.6 is 11.3 Å². The lowest BCUT2D eigenvalue weighted by molar-refractivity contribution is -0.125. The molecular weight excluding hydrogens is 503 g/mol. The first-order valence-corrected chi connectivity index (χ1v) is 13.0. The van der Waals surface area contributed by atoms with Gasteiger partial charge in [0.05, 0.1) is 45.4 Å². The summed E-state index contributed by atoms with van der Waals surface area (Å²) in [5.41, 5.74) is 9.86. The van der Waals surface area contributed by atoms with Gasteiger partial charge < -0.3 is 15.2 Å². The molecule has 4 aromatic heterocycles. The number of amides is 1. The Hall–Kier alpha value is -4.56. The summed E-state index contributed by atoms with van der Waals surface area (Å²) >= 11 is 1.48. The van der Waals surface area contributed by atoms with Crippen molar-refractivity contribution in [1.29, 1.82) is 0 Å². The van der Waals surface area contributed by atoms with E-state index in [1.54, 1.807) is 29.7 Å². The topological polar surface area (TPSA) is 108 Å². The van der Waals surface area contributed by atoms with Gasteiger partial charge in [0.2, 0.25) is 5.91 Å². The van der Waals surface area contributed by atoms with Crippen LogP contribution in [0.25, 0.3) is 32.5 Å². The molecule has 0 aliphatic carbocycles. The number of hydrogen-bond acceptors (Lipinski definition) is 7. The van der Waals surface area contributed by atoms with E-state index in [2.05, 4.69) is 33.4 Å². The zero-order valence-electron chi connectivity index (χ0n) is 20.6. The van der Waals surface area contributed by atoms with E-state index in [0.29, 0.717) is 48.2 Å². The zero-order chi connectivity index (χ0) is 26.4. The Kier molecular flexibility index (Phi) is 5.88. The molecular formula is C27H23FN8OS. The summed E-state index contributed by atoms with van der Waals surface area (Å²) in [6.45, 7) is 7.32. The van der Waals surface area contributed by atoms with E-state index in [4.69, 9.17) is 10.8 Å². The summed E-state index contributed by atoms with van der Waals surface area (Å²) in [7, 11) is 0. The first kappa shape index (κ1) is 23.8. The molecule has 190 valence electrons.